The topological polar surface area (TPSA) is 28.2 Å². The third-order valence-electron chi connectivity index (χ3n) is 6.43. The quantitative estimate of drug-likeness (QED) is 0.650. The van der Waals surface area contributed by atoms with Crippen LogP contribution in [-0.2, 0) is 21.8 Å². The van der Waals surface area contributed by atoms with Crippen molar-refractivity contribution < 1.29 is 13.9 Å². The van der Waals surface area contributed by atoms with E-state index in [0.717, 1.165) is 70.0 Å². The Morgan fingerprint density at radius 1 is 0.867 bits per heavy atom. The van der Waals surface area contributed by atoms with E-state index < -0.39 is 5.79 Å². The fourth-order valence-electron chi connectivity index (χ4n) is 4.70. The number of nitrogens with zero attached hydrogens (tertiary/aromatic N) is 3. The van der Waals surface area contributed by atoms with Crippen molar-refractivity contribution in [3.8, 4) is 0 Å². The molecular weight excluding hydrogens is 381 g/mol. The van der Waals surface area contributed by atoms with Crippen molar-refractivity contribution >= 4 is 5.69 Å². The summed E-state index contributed by atoms with van der Waals surface area (Å²) in [6.45, 7) is 7.83. The second-order valence-corrected chi connectivity index (χ2v) is 8.19. The van der Waals surface area contributed by atoms with Crippen LogP contribution in [0, 0.1) is 5.82 Å². The molecule has 0 amide bonds. The predicted molar refractivity (Wildman–Crippen MR) is 117 cm³/mol. The van der Waals surface area contributed by atoms with Gasteiger partial charge in [-0.3, -0.25) is 9.80 Å². The minimum atomic E-state index is -0.685. The Bertz CT molecular complexity index is 817. The Morgan fingerprint density at radius 2 is 1.53 bits per heavy atom. The van der Waals surface area contributed by atoms with E-state index in [4.69, 9.17) is 9.47 Å². The highest BCUT2D eigenvalue weighted by molar-refractivity contribution is 5.46. The molecule has 0 N–H and O–H groups in total. The molecule has 162 valence electrons. The zero-order valence-electron chi connectivity index (χ0n) is 18.0. The summed E-state index contributed by atoms with van der Waals surface area (Å²) in [5, 5.41) is 0. The summed E-state index contributed by atoms with van der Waals surface area (Å²) in [5.74, 6) is -0.862. The zero-order chi connectivity index (χ0) is 21.0. The summed E-state index contributed by atoms with van der Waals surface area (Å²) < 4.78 is 24.8. The number of benzene rings is 2. The second kappa shape index (κ2) is 9.43. The van der Waals surface area contributed by atoms with Gasteiger partial charge in [-0.05, 0) is 49.3 Å². The standard InChI is InChI=1S/C24H32FN3O2/c1-29-24(30-2)19-27(18-20-6-3-4-7-23(20)24)13-5-12-26-14-16-28(17-15-26)22-10-8-21(25)9-11-22/h3-4,6-11H,5,12-19H2,1-2H3. The van der Waals surface area contributed by atoms with Crippen molar-refractivity contribution in [2.45, 2.75) is 18.8 Å². The molecular formula is C24H32FN3O2. The maximum Gasteiger partial charge on any atom is 0.207 e. The van der Waals surface area contributed by atoms with Crippen LogP contribution in [0.4, 0.5) is 10.1 Å². The van der Waals surface area contributed by atoms with Crippen LogP contribution in [0.15, 0.2) is 48.5 Å². The first-order valence-electron chi connectivity index (χ1n) is 10.8. The summed E-state index contributed by atoms with van der Waals surface area (Å²) >= 11 is 0. The van der Waals surface area contributed by atoms with Gasteiger partial charge in [0, 0.05) is 58.2 Å². The first kappa shape index (κ1) is 21.2. The lowest BCUT2D eigenvalue weighted by Crippen LogP contribution is -2.49. The maximum absolute atomic E-state index is 13.1. The number of piperazine rings is 1. The van der Waals surface area contributed by atoms with Crippen LogP contribution in [-0.4, -0.2) is 69.8 Å². The molecule has 0 aliphatic carbocycles. The van der Waals surface area contributed by atoms with Gasteiger partial charge < -0.3 is 14.4 Å². The summed E-state index contributed by atoms with van der Waals surface area (Å²) in [6, 6.07) is 15.2. The molecule has 5 nitrogen and oxygen atoms in total. The van der Waals surface area contributed by atoms with Gasteiger partial charge in [0.1, 0.15) is 5.82 Å². The van der Waals surface area contributed by atoms with Gasteiger partial charge >= 0.3 is 0 Å². The molecule has 6 heteroatoms. The molecule has 0 bridgehead atoms. The summed E-state index contributed by atoms with van der Waals surface area (Å²) in [4.78, 5) is 7.30. The molecule has 1 saturated heterocycles. The first-order chi connectivity index (χ1) is 14.6. The highest BCUT2D eigenvalue weighted by Crippen LogP contribution is 2.35. The number of anilines is 1. The lowest BCUT2D eigenvalue weighted by Gasteiger charge is -2.42. The second-order valence-electron chi connectivity index (χ2n) is 8.19. The highest BCUT2D eigenvalue weighted by atomic mass is 19.1. The van der Waals surface area contributed by atoms with Crippen molar-refractivity contribution in [3.63, 3.8) is 0 Å². The molecule has 4 rings (SSSR count). The SMILES string of the molecule is COC1(OC)CN(CCCN2CCN(c3ccc(F)cc3)CC2)Cc2ccccc21. The van der Waals surface area contributed by atoms with E-state index in [1.54, 1.807) is 26.4 Å². The van der Waals surface area contributed by atoms with Gasteiger partial charge in [-0.25, -0.2) is 4.39 Å². The van der Waals surface area contributed by atoms with Crippen LogP contribution in [0.25, 0.3) is 0 Å². The molecule has 2 aliphatic heterocycles. The summed E-state index contributed by atoms with van der Waals surface area (Å²) in [5.41, 5.74) is 3.53. The molecule has 2 aromatic rings. The highest BCUT2D eigenvalue weighted by Gasteiger charge is 2.39. The maximum atomic E-state index is 13.1. The van der Waals surface area contributed by atoms with E-state index in [1.807, 2.05) is 18.2 Å². The van der Waals surface area contributed by atoms with Gasteiger partial charge in [0.2, 0.25) is 5.79 Å². The van der Waals surface area contributed by atoms with E-state index in [-0.39, 0.29) is 5.82 Å². The zero-order valence-corrected chi connectivity index (χ0v) is 18.0. The molecule has 0 spiro atoms. The summed E-state index contributed by atoms with van der Waals surface area (Å²) in [7, 11) is 3.45. The fourth-order valence-corrected chi connectivity index (χ4v) is 4.70. The molecule has 0 atom stereocenters. The number of ether oxygens (including phenoxy) is 2. The van der Waals surface area contributed by atoms with Crippen molar-refractivity contribution in [1.82, 2.24) is 9.80 Å². The van der Waals surface area contributed by atoms with E-state index in [2.05, 4.69) is 32.9 Å². The van der Waals surface area contributed by atoms with Gasteiger partial charge in [-0.2, -0.15) is 0 Å². The van der Waals surface area contributed by atoms with Crippen molar-refractivity contribution in [1.29, 1.82) is 0 Å². The number of rotatable bonds is 7. The average molecular weight is 414 g/mol. The van der Waals surface area contributed by atoms with Gasteiger partial charge in [0.05, 0.1) is 6.54 Å². The van der Waals surface area contributed by atoms with Crippen LogP contribution in [0.3, 0.4) is 0 Å². The molecule has 0 unspecified atom stereocenters. The number of hydrogen-bond donors (Lipinski definition) is 0. The van der Waals surface area contributed by atoms with Crippen molar-refractivity contribution in [3.05, 3.63) is 65.5 Å². The Labute approximate surface area is 179 Å². The van der Waals surface area contributed by atoms with Gasteiger partial charge in [-0.15, -0.1) is 0 Å². The number of halogens is 1. The monoisotopic (exact) mass is 413 g/mol. The number of hydrogen-bond acceptors (Lipinski definition) is 5. The fraction of sp³-hybridized carbons (Fsp3) is 0.500. The lowest BCUT2D eigenvalue weighted by molar-refractivity contribution is -0.232. The molecule has 0 saturated carbocycles. The van der Waals surface area contributed by atoms with Crippen LogP contribution in [0.1, 0.15) is 17.5 Å². The molecule has 0 radical (unpaired) electrons. The normalized spacial score (nSPS) is 19.6. The van der Waals surface area contributed by atoms with Crippen LogP contribution in [0.2, 0.25) is 0 Å². The lowest BCUT2D eigenvalue weighted by atomic mass is 9.94. The minimum Gasteiger partial charge on any atom is -0.369 e. The largest absolute Gasteiger partial charge is 0.369 e. The van der Waals surface area contributed by atoms with Crippen LogP contribution < -0.4 is 4.90 Å². The molecule has 0 aromatic heterocycles. The molecule has 2 aromatic carbocycles. The molecule has 2 heterocycles. The predicted octanol–water partition coefficient (Wildman–Crippen LogP) is 3.30. The third kappa shape index (κ3) is 4.52. The van der Waals surface area contributed by atoms with Crippen molar-refractivity contribution in [2.24, 2.45) is 0 Å². The van der Waals surface area contributed by atoms with Gasteiger partial charge in [-0.1, -0.05) is 24.3 Å². The first-order valence-corrected chi connectivity index (χ1v) is 10.8. The average Bonchev–Trinajstić information content (AvgIpc) is 2.79. The van der Waals surface area contributed by atoms with E-state index in [0.29, 0.717) is 0 Å². The van der Waals surface area contributed by atoms with E-state index >= 15 is 0 Å². The molecule has 2 aliphatic rings. The van der Waals surface area contributed by atoms with Crippen LogP contribution >= 0.6 is 0 Å². The van der Waals surface area contributed by atoms with Gasteiger partial charge in [0.15, 0.2) is 0 Å². The molecule has 30 heavy (non-hydrogen) atoms. The van der Waals surface area contributed by atoms with E-state index in [9.17, 15) is 4.39 Å². The summed E-state index contributed by atoms with van der Waals surface area (Å²) in [6.07, 6.45) is 1.11. The number of fused-ring (bicyclic) bond motifs is 1. The minimum absolute atomic E-state index is 0.177. The van der Waals surface area contributed by atoms with Crippen LogP contribution in [0.5, 0.6) is 0 Å². The third-order valence-corrected chi connectivity index (χ3v) is 6.43. The van der Waals surface area contributed by atoms with Crippen molar-refractivity contribution in [2.75, 3.05) is 64.9 Å². The molecule has 1 fully saturated rings. The Hall–Kier alpha value is -1.99. The van der Waals surface area contributed by atoms with Gasteiger partial charge in [0.25, 0.3) is 0 Å². The smallest absolute Gasteiger partial charge is 0.207 e. The Balaban J connectivity index is 1.27. The van der Waals surface area contributed by atoms with E-state index in [1.165, 1.54) is 5.56 Å². The Morgan fingerprint density at radius 3 is 2.23 bits per heavy atom. The number of methoxy groups -OCH3 is 2. The Kier molecular flexibility index (Phi) is 6.68.